The first-order chi connectivity index (χ1) is 14.6. The van der Waals surface area contributed by atoms with Gasteiger partial charge in [0, 0.05) is 27.1 Å². The Kier molecular flexibility index (Phi) is 3.69. The van der Waals surface area contributed by atoms with Crippen molar-refractivity contribution in [2.24, 2.45) is 0 Å². The van der Waals surface area contributed by atoms with Crippen LogP contribution in [0.4, 0.5) is 0 Å². The Balaban J connectivity index is 1.63. The Morgan fingerprint density at radius 2 is 1.60 bits per heavy atom. The minimum Gasteiger partial charge on any atom is -0.455 e. The molecule has 1 aliphatic rings. The molecule has 0 spiro atoms. The molecule has 0 amide bonds. The first kappa shape index (κ1) is 17.8. The highest BCUT2D eigenvalue weighted by Gasteiger charge is 2.27. The predicted octanol–water partition coefficient (Wildman–Crippen LogP) is 6.84. The molecule has 30 heavy (non-hydrogen) atoms. The summed E-state index contributed by atoms with van der Waals surface area (Å²) in [5.41, 5.74) is 7.90. The molecule has 4 aromatic carbocycles. The summed E-state index contributed by atoms with van der Waals surface area (Å²) in [4.78, 5) is 0. The van der Waals surface area contributed by atoms with Crippen LogP contribution in [0.5, 0.6) is 0 Å². The SMILES string of the molecule is CCC(C)(C)O[B]c1cccc2c1-c1cccc3c1c-2cc1c2ccccc2oc31. The highest BCUT2D eigenvalue weighted by molar-refractivity contribution is 6.51. The number of para-hydroxylation sites is 1. The van der Waals surface area contributed by atoms with Crippen molar-refractivity contribution >= 4 is 45.7 Å². The number of hydrogen-bond donors (Lipinski definition) is 0. The van der Waals surface area contributed by atoms with Gasteiger partial charge in [0.1, 0.15) is 11.2 Å². The van der Waals surface area contributed by atoms with Crippen molar-refractivity contribution in [3.63, 3.8) is 0 Å². The van der Waals surface area contributed by atoms with E-state index in [4.69, 9.17) is 9.07 Å². The van der Waals surface area contributed by atoms with E-state index in [-0.39, 0.29) is 5.60 Å². The van der Waals surface area contributed by atoms with Crippen LogP contribution in [0.2, 0.25) is 0 Å². The fourth-order valence-corrected chi connectivity index (χ4v) is 4.58. The van der Waals surface area contributed by atoms with Crippen LogP contribution in [0.25, 0.3) is 55.0 Å². The van der Waals surface area contributed by atoms with Gasteiger partial charge in [0.15, 0.2) is 0 Å². The van der Waals surface area contributed by atoms with Crippen molar-refractivity contribution < 1.29 is 9.07 Å². The van der Waals surface area contributed by atoms with Crippen LogP contribution in [0.3, 0.4) is 0 Å². The molecule has 1 heterocycles. The summed E-state index contributed by atoms with van der Waals surface area (Å²) >= 11 is 0. The van der Waals surface area contributed by atoms with Gasteiger partial charge in [-0.2, -0.15) is 0 Å². The van der Waals surface area contributed by atoms with Gasteiger partial charge < -0.3 is 9.07 Å². The maximum atomic E-state index is 6.31. The van der Waals surface area contributed by atoms with Gasteiger partial charge in [-0.1, -0.05) is 61.5 Å². The molecule has 3 heteroatoms. The van der Waals surface area contributed by atoms with E-state index in [9.17, 15) is 0 Å². The maximum absolute atomic E-state index is 6.31. The predicted molar refractivity (Wildman–Crippen MR) is 126 cm³/mol. The Hall–Kier alpha value is -3.04. The van der Waals surface area contributed by atoms with Crippen molar-refractivity contribution in [2.45, 2.75) is 32.8 Å². The smallest absolute Gasteiger partial charge is 0.331 e. The number of benzene rings is 4. The van der Waals surface area contributed by atoms with E-state index in [0.717, 1.165) is 23.0 Å². The molecule has 5 aromatic rings. The first-order valence-electron chi connectivity index (χ1n) is 10.6. The summed E-state index contributed by atoms with van der Waals surface area (Å²) in [5.74, 6) is 0. The van der Waals surface area contributed by atoms with E-state index in [1.807, 2.05) is 19.6 Å². The zero-order valence-electron chi connectivity index (χ0n) is 17.5. The summed E-state index contributed by atoms with van der Waals surface area (Å²) in [6.45, 7) is 6.40. The monoisotopic (exact) mass is 389 g/mol. The highest BCUT2D eigenvalue weighted by Crippen LogP contribution is 2.49. The Morgan fingerprint density at radius 3 is 2.47 bits per heavy atom. The van der Waals surface area contributed by atoms with Gasteiger partial charge in [0.2, 0.25) is 0 Å². The van der Waals surface area contributed by atoms with Crippen molar-refractivity contribution in [2.75, 3.05) is 0 Å². The van der Waals surface area contributed by atoms with Gasteiger partial charge in [0.05, 0.1) is 0 Å². The van der Waals surface area contributed by atoms with Crippen LogP contribution in [-0.2, 0) is 4.65 Å². The lowest BCUT2D eigenvalue weighted by Gasteiger charge is -2.24. The third kappa shape index (κ3) is 2.42. The summed E-state index contributed by atoms with van der Waals surface area (Å²) in [5, 5.41) is 4.79. The molecular formula is C27H22BO2. The number of hydrogen-bond acceptors (Lipinski definition) is 2. The minimum absolute atomic E-state index is 0.182. The summed E-state index contributed by atoms with van der Waals surface area (Å²) < 4.78 is 12.5. The molecule has 0 aliphatic heterocycles. The van der Waals surface area contributed by atoms with E-state index < -0.39 is 0 Å². The van der Waals surface area contributed by atoms with Crippen molar-refractivity contribution in [1.82, 2.24) is 0 Å². The molecule has 1 aliphatic carbocycles. The molecule has 0 saturated heterocycles. The molecule has 145 valence electrons. The van der Waals surface area contributed by atoms with Crippen LogP contribution in [0, 0.1) is 0 Å². The second-order valence-corrected chi connectivity index (χ2v) is 8.75. The third-order valence-corrected chi connectivity index (χ3v) is 6.51. The summed E-state index contributed by atoms with van der Waals surface area (Å²) in [6.07, 6.45) is 0.956. The maximum Gasteiger partial charge on any atom is 0.331 e. The number of rotatable bonds is 4. The van der Waals surface area contributed by atoms with Crippen LogP contribution in [0.15, 0.2) is 71.1 Å². The standard InChI is InChI=1S/C27H22BO2/c1-4-27(2,3)30-28-22-13-8-10-17-20-15-21-16-9-5-6-14-23(16)29-26(21)19-12-7-11-18(24(19)20)25(17)22/h5-15H,4H2,1-3H3. The molecule has 0 unspecified atom stereocenters. The van der Waals surface area contributed by atoms with E-state index in [2.05, 4.69) is 75.4 Å². The van der Waals surface area contributed by atoms with E-state index in [1.54, 1.807) is 0 Å². The quantitative estimate of drug-likeness (QED) is 0.308. The third-order valence-electron chi connectivity index (χ3n) is 6.51. The lowest BCUT2D eigenvalue weighted by molar-refractivity contribution is 0.114. The van der Waals surface area contributed by atoms with Gasteiger partial charge in [-0.25, -0.2) is 0 Å². The van der Waals surface area contributed by atoms with Gasteiger partial charge in [-0.15, -0.1) is 0 Å². The van der Waals surface area contributed by atoms with Crippen LogP contribution in [-0.4, -0.2) is 13.1 Å². The van der Waals surface area contributed by atoms with Gasteiger partial charge in [0.25, 0.3) is 0 Å². The van der Waals surface area contributed by atoms with Crippen LogP contribution < -0.4 is 5.46 Å². The molecular weight excluding hydrogens is 367 g/mol. The van der Waals surface area contributed by atoms with Crippen molar-refractivity contribution in [3.8, 4) is 22.3 Å². The number of fused-ring (bicyclic) bond motifs is 7. The molecule has 1 aromatic heterocycles. The minimum atomic E-state index is -0.182. The van der Waals surface area contributed by atoms with Gasteiger partial charge in [-0.05, 0) is 60.1 Å². The normalized spacial score (nSPS) is 12.8. The molecule has 0 bridgehead atoms. The molecule has 0 atom stereocenters. The zero-order chi connectivity index (χ0) is 20.5. The molecule has 1 radical (unpaired) electrons. The van der Waals surface area contributed by atoms with Gasteiger partial charge in [-0.3, -0.25) is 0 Å². The zero-order valence-corrected chi connectivity index (χ0v) is 17.5. The Bertz CT molecular complexity index is 1460. The van der Waals surface area contributed by atoms with Gasteiger partial charge >= 0.3 is 7.48 Å². The average molecular weight is 389 g/mol. The average Bonchev–Trinajstić information content (AvgIpc) is 3.31. The summed E-state index contributed by atoms with van der Waals surface area (Å²) in [7, 11) is 1.94. The van der Waals surface area contributed by atoms with Crippen LogP contribution >= 0.6 is 0 Å². The van der Waals surface area contributed by atoms with E-state index in [1.165, 1.54) is 43.8 Å². The molecule has 6 rings (SSSR count). The Labute approximate surface area is 176 Å². The molecule has 2 nitrogen and oxygen atoms in total. The molecule has 0 saturated carbocycles. The van der Waals surface area contributed by atoms with Crippen molar-refractivity contribution in [1.29, 1.82) is 0 Å². The first-order valence-corrected chi connectivity index (χ1v) is 10.6. The summed E-state index contributed by atoms with van der Waals surface area (Å²) in [6, 6.07) is 23.6. The van der Waals surface area contributed by atoms with Crippen LogP contribution in [0.1, 0.15) is 27.2 Å². The fourth-order valence-electron chi connectivity index (χ4n) is 4.58. The lowest BCUT2D eigenvalue weighted by Crippen LogP contribution is -2.31. The second-order valence-electron chi connectivity index (χ2n) is 8.75. The second kappa shape index (κ2) is 6.23. The largest absolute Gasteiger partial charge is 0.455 e. The molecule has 0 fully saturated rings. The topological polar surface area (TPSA) is 22.4 Å². The van der Waals surface area contributed by atoms with E-state index >= 15 is 0 Å². The van der Waals surface area contributed by atoms with Crippen molar-refractivity contribution in [3.05, 3.63) is 66.7 Å². The Morgan fingerprint density at radius 1 is 0.833 bits per heavy atom. The fraction of sp³-hybridized carbons (Fsp3) is 0.185. The number of furan rings is 1. The lowest BCUT2D eigenvalue weighted by atomic mass is 9.79. The highest BCUT2D eigenvalue weighted by atomic mass is 16.5. The van der Waals surface area contributed by atoms with E-state index in [0.29, 0.717) is 0 Å². The molecule has 0 N–H and O–H groups in total.